The Morgan fingerprint density at radius 1 is 1.13 bits per heavy atom. The molecule has 0 bridgehead atoms. The molecule has 0 spiro atoms. The number of hydrogen-bond acceptors (Lipinski definition) is 3. The minimum absolute atomic E-state index is 0.114. The van der Waals surface area contributed by atoms with Gasteiger partial charge >= 0.3 is 0 Å². The molecule has 5 nitrogen and oxygen atoms in total. The number of amides is 2. The zero-order valence-corrected chi connectivity index (χ0v) is 21.0. The fourth-order valence-corrected chi connectivity index (χ4v) is 4.21. The summed E-state index contributed by atoms with van der Waals surface area (Å²) < 4.78 is 7.71. The molecule has 1 N–H and O–H groups in total. The van der Waals surface area contributed by atoms with E-state index in [0.717, 1.165) is 45.8 Å². The lowest BCUT2D eigenvalue weighted by Crippen LogP contribution is -2.50. The monoisotopic (exact) mass is 550 g/mol. The standard InChI is InChI=1S/C24H28Br2N2O3/c1-16-13-21(11-12-22(16)26)31-15-23(29)28(14-18-7-9-19(25)10-8-18)17(2)24(30)27-20-5-3-4-6-20/h7-13,17,20H,3-6,14-15H2,1-2H3,(H,27,30)/t17-/m0/s1. The van der Waals surface area contributed by atoms with Crippen molar-refractivity contribution in [3.8, 4) is 5.75 Å². The number of carbonyl (C=O) groups excluding carboxylic acids is 2. The number of ether oxygens (including phenoxy) is 1. The van der Waals surface area contributed by atoms with Crippen LogP contribution in [-0.4, -0.2) is 35.4 Å². The Bertz CT molecular complexity index is 912. The minimum atomic E-state index is -0.591. The van der Waals surface area contributed by atoms with Gasteiger partial charge in [0.25, 0.3) is 5.91 Å². The molecule has 2 amide bonds. The smallest absolute Gasteiger partial charge is 0.261 e. The molecular formula is C24H28Br2N2O3. The molecule has 0 heterocycles. The van der Waals surface area contributed by atoms with Gasteiger partial charge in [-0.25, -0.2) is 0 Å². The van der Waals surface area contributed by atoms with Gasteiger partial charge in [-0.05, 0) is 68.1 Å². The zero-order chi connectivity index (χ0) is 22.4. The molecule has 0 aliphatic heterocycles. The molecule has 0 unspecified atom stereocenters. The van der Waals surface area contributed by atoms with Crippen LogP contribution in [-0.2, 0) is 16.1 Å². The van der Waals surface area contributed by atoms with E-state index in [1.807, 2.05) is 49.4 Å². The molecule has 1 aliphatic carbocycles. The summed E-state index contributed by atoms with van der Waals surface area (Å²) in [6.45, 7) is 3.96. The van der Waals surface area contributed by atoms with Crippen molar-refractivity contribution in [1.82, 2.24) is 10.2 Å². The van der Waals surface area contributed by atoms with Gasteiger partial charge in [0.05, 0.1) is 0 Å². The second-order valence-electron chi connectivity index (χ2n) is 8.01. The summed E-state index contributed by atoms with van der Waals surface area (Å²) in [7, 11) is 0. The van der Waals surface area contributed by atoms with E-state index in [0.29, 0.717) is 12.3 Å². The Morgan fingerprint density at radius 2 is 1.81 bits per heavy atom. The Labute approximate surface area is 200 Å². The van der Waals surface area contributed by atoms with Crippen LogP contribution in [0, 0.1) is 6.92 Å². The zero-order valence-electron chi connectivity index (χ0n) is 17.9. The fraction of sp³-hybridized carbons (Fsp3) is 0.417. The molecule has 0 saturated heterocycles. The minimum Gasteiger partial charge on any atom is -0.484 e. The van der Waals surface area contributed by atoms with Crippen molar-refractivity contribution in [3.05, 3.63) is 62.5 Å². The van der Waals surface area contributed by atoms with Gasteiger partial charge in [-0.3, -0.25) is 9.59 Å². The fourth-order valence-electron chi connectivity index (χ4n) is 3.70. The number of benzene rings is 2. The van der Waals surface area contributed by atoms with Gasteiger partial charge in [-0.15, -0.1) is 0 Å². The molecule has 7 heteroatoms. The number of rotatable bonds is 8. The topological polar surface area (TPSA) is 58.6 Å². The Balaban J connectivity index is 1.71. The van der Waals surface area contributed by atoms with Crippen LogP contribution in [0.2, 0.25) is 0 Å². The highest BCUT2D eigenvalue weighted by Gasteiger charge is 2.28. The predicted octanol–water partition coefficient (Wildman–Crippen LogP) is 5.37. The average molecular weight is 552 g/mol. The van der Waals surface area contributed by atoms with Gasteiger partial charge in [-0.1, -0.05) is 56.8 Å². The summed E-state index contributed by atoms with van der Waals surface area (Å²) in [5.41, 5.74) is 1.98. The lowest BCUT2D eigenvalue weighted by atomic mass is 10.1. The van der Waals surface area contributed by atoms with E-state index in [1.54, 1.807) is 11.8 Å². The third kappa shape index (κ3) is 6.81. The van der Waals surface area contributed by atoms with Crippen LogP contribution in [0.25, 0.3) is 0 Å². The van der Waals surface area contributed by atoms with Crippen molar-refractivity contribution in [2.75, 3.05) is 6.61 Å². The lowest BCUT2D eigenvalue weighted by Gasteiger charge is -2.29. The van der Waals surface area contributed by atoms with Crippen molar-refractivity contribution >= 4 is 43.7 Å². The molecule has 3 rings (SSSR count). The summed E-state index contributed by atoms with van der Waals surface area (Å²) in [4.78, 5) is 27.6. The number of carbonyl (C=O) groups is 2. The molecule has 0 radical (unpaired) electrons. The number of hydrogen-bond donors (Lipinski definition) is 1. The van der Waals surface area contributed by atoms with Gasteiger partial charge in [0, 0.05) is 21.5 Å². The SMILES string of the molecule is Cc1cc(OCC(=O)N(Cc2ccc(Br)cc2)[C@@H](C)C(=O)NC2CCCC2)ccc1Br. The first-order chi connectivity index (χ1) is 14.8. The van der Waals surface area contributed by atoms with E-state index >= 15 is 0 Å². The summed E-state index contributed by atoms with van der Waals surface area (Å²) in [5, 5.41) is 3.11. The Hall–Kier alpha value is -1.86. The van der Waals surface area contributed by atoms with Crippen LogP contribution in [0.3, 0.4) is 0 Å². The first-order valence-electron chi connectivity index (χ1n) is 10.6. The van der Waals surface area contributed by atoms with Crippen LogP contribution in [0.5, 0.6) is 5.75 Å². The van der Waals surface area contributed by atoms with Crippen molar-refractivity contribution in [3.63, 3.8) is 0 Å². The van der Waals surface area contributed by atoms with Crippen LogP contribution < -0.4 is 10.1 Å². The van der Waals surface area contributed by atoms with Gasteiger partial charge in [-0.2, -0.15) is 0 Å². The number of aryl methyl sites for hydroxylation is 1. The van der Waals surface area contributed by atoms with Crippen LogP contribution in [0.4, 0.5) is 0 Å². The van der Waals surface area contributed by atoms with Gasteiger partial charge in [0.2, 0.25) is 5.91 Å². The second-order valence-corrected chi connectivity index (χ2v) is 9.78. The molecule has 1 fully saturated rings. The highest BCUT2D eigenvalue weighted by Crippen LogP contribution is 2.22. The third-order valence-electron chi connectivity index (χ3n) is 5.63. The van der Waals surface area contributed by atoms with E-state index in [-0.39, 0.29) is 24.5 Å². The summed E-state index contributed by atoms with van der Waals surface area (Å²) in [6, 6.07) is 13.0. The van der Waals surface area contributed by atoms with Crippen molar-refractivity contribution < 1.29 is 14.3 Å². The number of halogens is 2. The Kier molecular flexibility index (Phi) is 8.55. The van der Waals surface area contributed by atoms with E-state index in [4.69, 9.17) is 4.74 Å². The molecule has 1 atom stereocenters. The predicted molar refractivity (Wildman–Crippen MR) is 129 cm³/mol. The summed E-state index contributed by atoms with van der Waals surface area (Å²) in [5.74, 6) is 0.287. The van der Waals surface area contributed by atoms with Crippen LogP contribution in [0.15, 0.2) is 51.4 Å². The molecule has 0 aromatic heterocycles. The van der Waals surface area contributed by atoms with E-state index in [1.165, 1.54) is 0 Å². The van der Waals surface area contributed by atoms with E-state index in [9.17, 15) is 9.59 Å². The molecular weight excluding hydrogens is 524 g/mol. The van der Waals surface area contributed by atoms with Crippen LogP contribution >= 0.6 is 31.9 Å². The molecule has 1 saturated carbocycles. The van der Waals surface area contributed by atoms with Crippen LogP contribution in [0.1, 0.15) is 43.7 Å². The van der Waals surface area contributed by atoms with Crippen molar-refractivity contribution in [2.24, 2.45) is 0 Å². The van der Waals surface area contributed by atoms with E-state index in [2.05, 4.69) is 37.2 Å². The molecule has 1 aliphatic rings. The van der Waals surface area contributed by atoms with Gasteiger partial charge in [0.1, 0.15) is 11.8 Å². The molecule has 31 heavy (non-hydrogen) atoms. The summed E-state index contributed by atoms with van der Waals surface area (Å²) in [6.07, 6.45) is 4.29. The summed E-state index contributed by atoms with van der Waals surface area (Å²) >= 11 is 6.90. The maximum Gasteiger partial charge on any atom is 0.261 e. The van der Waals surface area contributed by atoms with Gasteiger partial charge in [0.15, 0.2) is 6.61 Å². The second kappa shape index (κ2) is 11.1. The first kappa shape index (κ1) is 23.8. The largest absolute Gasteiger partial charge is 0.484 e. The molecule has 2 aromatic rings. The molecule has 2 aromatic carbocycles. The average Bonchev–Trinajstić information content (AvgIpc) is 3.26. The lowest BCUT2D eigenvalue weighted by molar-refractivity contribution is -0.142. The molecule has 166 valence electrons. The van der Waals surface area contributed by atoms with Crippen molar-refractivity contribution in [1.29, 1.82) is 0 Å². The quantitative estimate of drug-likeness (QED) is 0.479. The highest BCUT2D eigenvalue weighted by atomic mass is 79.9. The maximum atomic E-state index is 13.1. The van der Waals surface area contributed by atoms with E-state index < -0.39 is 6.04 Å². The third-order valence-corrected chi connectivity index (χ3v) is 7.05. The highest BCUT2D eigenvalue weighted by molar-refractivity contribution is 9.10. The van der Waals surface area contributed by atoms with Gasteiger partial charge < -0.3 is 15.0 Å². The number of nitrogens with zero attached hydrogens (tertiary/aromatic N) is 1. The number of nitrogens with one attached hydrogen (secondary N) is 1. The maximum absolute atomic E-state index is 13.1. The normalized spacial score (nSPS) is 14.8. The van der Waals surface area contributed by atoms with Crippen molar-refractivity contribution in [2.45, 2.75) is 58.2 Å². The first-order valence-corrected chi connectivity index (χ1v) is 12.2. The Morgan fingerprint density at radius 3 is 2.45 bits per heavy atom.